The van der Waals surface area contributed by atoms with Crippen molar-refractivity contribution in [3.63, 3.8) is 0 Å². The van der Waals surface area contributed by atoms with Crippen LogP contribution in [0.5, 0.6) is 5.75 Å². The Bertz CT molecular complexity index is 775. The summed E-state index contributed by atoms with van der Waals surface area (Å²) < 4.78 is 5.17. The van der Waals surface area contributed by atoms with Gasteiger partial charge in [0.2, 0.25) is 0 Å². The van der Waals surface area contributed by atoms with Crippen LogP contribution in [-0.4, -0.2) is 44.2 Å². The number of nitriles is 1. The van der Waals surface area contributed by atoms with Crippen molar-refractivity contribution in [3.8, 4) is 11.8 Å². The van der Waals surface area contributed by atoms with Crippen LogP contribution in [0.4, 0.5) is 16.2 Å². The molecule has 2 aromatic carbocycles. The van der Waals surface area contributed by atoms with Gasteiger partial charge in [-0.2, -0.15) is 5.26 Å². The first-order chi connectivity index (χ1) is 12.2. The number of nitrogens with one attached hydrogen (secondary N) is 1. The highest BCUT2D eigenvalue weighted by atomic mass is 16.5. The van der Waals surface area contributed by atoms with Gasteiger partial charge in [0.05, 0.1) is 18.7 Å². The summed E-state index contributed by atoms with van der Waals surface area (Å²) in [5, 5.41) is 11.8. The van der Waals surface area contributed by atoms with Crippen molar-refractivity contribution in [1.82, 2.24) is 4.90 Å². The topological polar surface area (TPSA) is 68.6 Å². The number of hydrogen-bond donors (Lipinski definition) is 1. The van der Waals surface area contributed by atoms with E-state index < -0.39 is 0 Å². The molecule has 1 fully saturated rings. The van der Waals surface area contributed by atoms with Crippen molar-refractivity contribution >= 4 is 17.4 Å². The Morgan fingerprint density at radius 2 is 1.84 bits per heavy atom. The highest BCUT2D eigenvalue weighted by molar-refractivity contribution is 5.89. The molecule has 1 saturated heterocycles. The van der Waals surface area contributed by atoms with Crippen LogP contribution >= 0.6 is 0 Å². The molecule has 0 spiro atoms. The lowest BCUT2D eigenvalue weighted by Crippen LogP contribution is -2.50. The minimum absolute atomic E-state index is 0.104. The number of nitrogens with zero attached hydrogens (tertiary/aromatic N) is 3. The van der Waals surface area contributed by atoms with E-state index in [2.05, 4.69) is 16.3 Å². The molecule has 0 bridgehead atoms. The van der Waals surface area contributed by atoms with Crippen molar-refractivity contribution < 1.29 is 9.53 Å². The zero-order chi connectivity index (χ0) is 17.6. The molecule has 0 saturated carbocycles. The summed E-state index contributed by atoms with van der Waals surface area (Å²) in [7, 11) is 1.60. The van der Waals surface area contributed by atoms with Crippen molar-refractivity contribution in [2.45, 2.75) is 0 Å². The second-order valence-corrected chi connectivity index (χ2v) is 5.79. The number of piperazine rings is 1. The molecule has 0 aliphatic carbocycles. The molecule has 3 rings (SSSR count). The number of rotatable bonds is 3. The molecule has 1 aliphatic rings. The van der Waals surface area contributed by atoms with Gasteiger partial charge in [-0.05, 0) is 36.4 Å². The summed E-state index contributed by atoms with van der Waals surface area (Å²) in [6, 6.07) is 16.9. The molecule has 0 atom stereocenters. The first kappa shape index (κ1) is 16.7. The van der Waals surface area contributed by atoms with E-state index in [1.54, 1.807) is 18.1 Å². The minimum atomic E-state index is -0.104. The third-order valence-corrected chi connectivity index (χ3v) is 4.25. The van der Waals surface area contributed by atoms with Crippen molar-refractivity contribution in [1.29, 1.82) is 5.26 Å². The minimum Gasteiger partial charge on any atom is -0.497 e. The van der Waals surface area contributed by atoms with E-state index in [9.17, 15) is 4.79 Å². The number of carbonyl (C=O) groups excluding carboxylic acids is 1. The molecule has 128 valence electrons. The molecular formula is C19H20N4O2. The molecule has 6 heteroatoms. The first-order valence-corrected chi connectivity index (χ1v) is 8.14. The van der Waals surface area contributed by atoms with E-state index in [0.29, 0.717) is 24.4 Å². The van der Waals surface area contributed by atoms with Gasteiger partial charge in [-0.25, -0.2) is 4.79 Å². The molecule has 2 aromatic rings. The molecular weight excluding hydrogens is 316 g/mol. The summed E-state index contributed by atoms with van der Waals surface area (Å²) >= 11 is 0. The number of benzene rings is 2. The van der Waals surface area contributed by atoms with Crippen LogP contribution in [0.1, 0.15) is 5.56 Å². The van der Waals surface area contributed by atoms with Gasteiger partial charge >= 0.3 is 6.03 Å². The SMILES string of the molecule is COc1cccc(NC(=O)N2CCN(c3ccc(C#N)cc3)CC2)c1. The summed E-state index contributed by atoms with van der Waals surface area (Å²) in [5.74, 6) is 0.712. The van der Waals surface area contributed by atoms with Crippen LogP contribution in [-0.2, 0) is 0 Å². The highest BCUT2D eigenvalue weighted by Gasteiger charge is 2.21. The smallest absolute Gasteiger partial charge is 0.321 e. The van der Waals surface area contributed by atoms with Gasteiger partial charge in [0.15, 0.2) is 0 Å². The van der Waals surface area contributed by atoms with Crippen LogP contribution in [0, 0.1) is 11.3 Å². The van der Waals surface area contributed by atoms with Gasteiger partial charge in [0, 0.05) is 43.6 Å². The lowest BCUT2D eigenvalue weighted by Gasteiger charge is -2.36. The number of urea groups is 1. The van der Waals surface area contributed by atoms with E-state index in [-0.39, 0.29) is 6.03 Å². The summed E-state index contributed by atoms with van der Waals surface area (Å²) in [5.41, 5.74) is 2.45. The Hall–Kier alpha value is -3.20. The van der Waals surface area contributed by atoms with Crippen LogP contribution in [0.3, 0.4) is 0 Å². The lowest BCUT2D eigenvalue weighted by atomic mass is 10.2. The van der Waals surface area contributed by atoms with Crippen LogP contribution < -0.4 is 15.0 Å². The molecule has 0 unspecified atom stereocenters. The van der Waals surface area contributed by atoms with Crippen LogP contribution in [0.25, 0.3) is 0 Å². The molecule has 6 nitrogen and oxygen atoms in total. The molecule has 1 heterocycles. The summed E-state index contributed by atoms with van der Waals surface area (Å²) in [4.78, 5) is 16.4. The maximum absolute atomic E-state index is 12.4. The Balaban J connectivity index is 1.56. The summed E-state index contributed by atoms with van der Waals surface area (Å²) in [6.45, 7) is 2.82. The van der Waals surface area contributed by atoms with Gasteiger partial charge in [0.1, 0.15) is 5.75 Å². The third kappa shape index (κ3) is 4.01. The van der Waals surface area contributed by atoms with E-state index >= 15 is 0 Å². The van der Waals surface area contributed by atoms with E-state index in [0.717, 1.165) is 24.5 Å². The molecule has 1 N–H and O–H groups in total. The maximum atomic E-state index is 12.4. The Morgan fingerprint density at radius 3 is 2.48 bits per heavy atom. The van der Waals surface area contributed by atoms with Gasteiger partial charge in [0.25, 0.3) is 0 Å². The standard InChI is InChI=1S/C19H20N4O2/c1-25-18-4-2-3-16(13-18)21-19(24)23-11-9-22(10-12-23)17-7-5-15(14-20)6-8-17/h2-8,13H,9-12H2,1H3,(H,21,24). The third-order valence-electron chi connectivity index (χ3n) is 4.25. The van der Waals surface area contributed by atoms with E-state index in [1.165, 1.54) is 0 Å². The largest absolute Gasteiger partial charge is 0.497 e. The Morgan fingerprint density at radius 1 is 1.12 bits per heavy atom. The molecule has 25 heavy (non-hydrogen) atoms. The van der Waals surface area contributed by atoms with Crippen molar-refractivity contribution in [2.24, 2.45) is 0 Å². The molecule has 2 amide bonds. The van der Waals surface area contributed by atoms with E-state index in [4.69, 9.17) is 10.00 Å². The predicted molar refractivity (Wildman–Crippen MR) is 97.0 cm³/mol. The van der Waals surface area contributed by atoms with Crippen molar-refractivity contribution in [2.75, 3.05) is 43.5 Å². The number of hydrogen-bond acceptors (Lipinski definition) is 4. The second kappa shape index (κ2) is 7.58. The fourth-order valence-electron chi connectivity index (χ4n) is 2.82. The normalized spacial score (nSPS) is 13.9. The maximum Gasteiger partial charge on any atom is 0.321 e. The Labute approximate surface area is 147 Å². The highest BCUT2D eigenvalue weighted by Crippen LogP contribution is 2.19. The monoisotopic (exact) mass is 336 g/mol. The summed E-state index contributed by atoms with van der Waals surface area (Å²) in [6.07, 6.45) is 0. The second-order valence-electron chi connectivity index (χ2n) is 5.79. The lowest BCUT2D eigenvalue weighted by molar-refractivity contribution is 0.208. The number of anilines is 2. The van der Waals surface area contributed by atoms with Crippen LogP contribution in [0.2, 0.25) is 0 Å². The average molecular weight is 336 g/mol. The zero-order valence-electron chi connectivity index (χ0n) is 14.1. The Kier molecular flexibility index (Phi) is 5.05. The number of ether oxygens (including phenoxy) is 1. The van der Waals surface area contributed by atoms with Gasteiger partial charge in [-0.1, -0.05) is 6.07 Å². The van der Waals surface area contributed by atoms with Gasteiger partial charge in [-0.15, -0.1) is 0 Å². The van der Waals surface area contributed by atoms with Gasteiger partial charge < -0.3 is 19.9 Å². The van der Waals surface area contributed by atoms with Crippen molar-refractivity contribution in [3.05, 3.63) is 54.1 Å². The predicted octanol–water partition coefficient (Wildman–Crippen LogP) is 2.92. The van der Waals surface area contributed by atoms with E-state index in [1.807, 2.05) is 42.5 Å². The molecule has 0 radical (unpaired) electrons. The fourth-order valence-corrected chi connectivity index (χ4v) is 2.82. The van der Waals surface area contributed by atoms with Crippen LogP contribution in [0.15, 0.2) is 48.5 Å². The fraction of sp³-hybridized carbons (Fsp3) is 0.263. The molecule has 1 aliphatic heterocycles. The average Bonchev–Trinajstić information content (AvgIpc) is 2.68. The molecule has 0 aromatic heterocycles. The quantitative estimate of drug-likeness (QED) is 0.936. The number of carbonyl (C=O) groups is 1. The number of amides is 2. The van der Waals surface area contributed by atoms with Gasteiger partial charge in [-0.3, -0.25) is 0 Å². The first-order valence-electron chi connectivity index (χ1n) is 8.14. The number of methoxy groups -OCH3 is 1. The zero-order valence-corrected chi connectivity index (χ0v) is 14.1.